The van der Waals surface area contributed by atoms with Crippen LogP contribution in [0.5, 0.6) is 0 Å². The molecule has 0 aliphatic heterocycles. The van der Waals surface area contributed by atoms with E-state index in [1.54, 1.807) is 12.1 Å². The molecule has 1 aromatic carbocycles. The smallest absolute Gasteiger partial charge is 0.337 e. The maximum absolute atomic E-state index is 13.4. The molecule has 0 radical (unpaired) electrons. The molecule has 0 amide bonds. The fourth-order valence-electron chi connectivity index (χ4n) is 1.35. The van der Waals surface area contributed by atoms with Gasteiger partial charge in [-0.2, -0.15) is 18.2 Å². The Morgan fingerprint density at radius 3 is 2.57 bits per heavy atom. The SMILES string of the molecule is CC(N)(c1nc(CSc2ccccc2F)no1)C(F)(F)F. The van der Waals surface area contributed by atoms with Crippen LogP contribution in [-0.2, 0) is 11.3 Å². The zero-order valence-electron chi connectivity index (χ0n) is 10.8. The first-order valence-corrected chi connectivity index (χ1v) is 6.76. The lowest BCUT2D eigenvalue weighted by Gasteiger charge is -2.22. The number of benzene rings is 1. The van der Waals surface area contributed by atoms with Gasteiger partial charge in [0.05, 0.1) is 5.75 Å². The van der Waals surface area contributed by atoms with E-state index in [0.29, 0.717) is 4.90 Å². The third-order valence-electron chi connectivity index (χ3n) is 2.69. The summed E-state index contributed by atoms with van der Waals surface area (Å²) in [6, 6.07) is 6.01. The molecule has 9 heteroatoms. The number of aromatic nitrogens is 2. The zero-order chi connectivity index (χ0) is 15.7. The van der Waals surface area contributed by atoms with Crippen LogP contribution < -0.4 is 5.73 Å². The second kappa shape index (κ2) is 5.64. The first-order chi connectivity index (χ1) is 9.72. The monoisotopic (exact) mass is 321 g/mol. The van der Waals surface area contributed by atoms with Gasteiger partial charge in [0.2, 0.25) is 0 Å². The summed E-state index contributed by atoms with van der Waals surface area (Å²) in [5.74, 6) is -1.07. The van der Waals surface area contributed by atoms with Crippen molar-refractivity contribution in [2.45, 2.75) is 29.3 Å². The van der Waals surface area contributed by atoms with Crippen molar-refractivity contribution in [2.75, 3.05) is 0 Å². The van der Waals surface area contributed by atoms with E-state index in [0.717, 1.165) is 18.7 Å². The number of nitrogens with two attached hydrogens (primary N) is 1. The molecule has 21 heavy (non-hydrogen) atoms. The number of nitrogens with zero attached hydrogens (tertiary/aromatic N) is 2. The van der Waals surface area contributed by atoms with Crippen molar-refractivity contribution in [2.24, 2.45) is 5.73 Å². The van der Waals surface area contributed by atoms with Crippen molar-refractivity contribution in [1.82, 2.24) is 10.1 Å². The van der Waals surface area contributed by atoms with Crippen LogP contribution in [0.1, 0.15) is 18.6 Å². The summed E-state index contributed by atoms with van der Waals surface area (Å²) in [5.41, 5.74) is 2.45. The Hall–Kier alpha value is -1.61. The van der Waals surface area contributed by atoms with E-state index in [4.69, 9.17) is 5.73 Å². The van der Waals surface area contributed by atoms with Gasteiger partial charge in [-0.25, -0.2) is 4.39 Å². The molecule has 0 saturated carbocycles. The Bertz CT molecular complexity index is 627. The van der Waals surface area contributed by atoms with Crippen molar-refractivity contribution in [3.63, 3.8) is 0 Å². The van der Waals surface area contributed by atoms with Crippen molar-refractivity contribution in [3.05, 3.63) is 41.8 Å². The van der Waals surface area contributed by atoms with E-state index in [9.17, 15) is 17.6 Å². The standard InChI is InChI=1S/C12H11F4N3OS/c1-11(17,12(14,15)16)10-18-9(19-20-10)6-21-8-5-3-2-4-7(8)13/h2-5H,6,17H2,1H3. The van der Waals surface area contributed by atoms with Gasteiger partial charge in [-0.3, -0.25) is 0 Å². The Balaban J connectivity index is 2.09. The van der Waals surface area contributed by atoms with Crippen molar-refractivity contribution < 1.29 is 22.1 Å². The molecule has 1 heterocycles. The molecule has 0 saturated heterocycles. The fourth-order valence-corrected chi connectivity index (χ4v) is 2.13. The molecular formula is C12H11F4N3OS. The van der Waals surface area contributed by atoms with Crippen molar-refractivity contribution in [1.29, 1.82) is 0 Å². The number of hydrogen-bond donors (Lipinski definition) is 1. The molecule has 0 bridgehead atoms. The summed E-state index contributed by atoms with van der Waals surface area (Å²) in [6.07, 6.45) is -4.71. The highest BCUT2D eigenvalue weighted by molar-refractivity contribution is 7.98. The van der Waals surface area contributed by atoms with E-state index in [1.807, 2.05) is 0 Å². The maximum atomic E-state index is 13.4. The van der Waals surface area contributed by atoms with Gasteiger partial charge in [0.1, 0.15) is 5.82 Å². The normalized spacial score (nSPS) is 15.0. The molecule has 2 N–H and O–H groups in total. The highest BCUT2D eigenvalue weighted by Gasteiger charge is 2.53. The maximum Gasteiger partial charge on any atom is 0.415 e. The van der Waals surface area contributed by atoms with E-state index < -0.39 is 23.4 Å². The predicted octanol–water partition coefficient (Wildman–Crippen LogP) is 3.24. The van der Waals surface area contributed by atoms with Crippen LogP contribution in [0.4, 0.5) is 17.6 Å². The van der Waals surface area contributed by atoms with E-state index in [-0.39, 0.29) is 11.6 Å². The Morgan fingerprint density at radius 1 is 1.29 bits per heavy atom. The van der Waals surface area contributed by atoms with Gasteiger partial charge in [-0.05, 0) is 19.1 Å². The average molecular weight is 321 g/mol. The molecule has 1 atom stereocenters. The van der Waals surface area contributed by atoms with Crippen LogP contribution in [0.3, 0.4) is 0 Å². The summed E-state index contributed by atoms with van der Waals surface area (Å²) in [5, 5.41) is 3.43. The number of thioether (sulfide) groups is 1. The number of rotatable bonds is 4. The van der Waals surface area contributed by atoms with E-state index >= 15 is 0 Å². The molecular weight excluding hydrogens is 310 g/mol. The van der Waals surface area contributed by atoms with Crippen LogP contribution in [0.2, 0.25) is 0 Å². The second-order valence-corrected chi connectivity index (χ2v) is 5.45. The van der Waals surface area contributed by atoms with Gasteiger partial charge < -0.3 is 10.3 Å². The highest BCUT2D eigenvalue weighted by atomic mass is 32.2. The molecule has 114 valence electrons. The van der Waals surface area contributed by atoms with Gasteiger partial charge in [-0.1, -0.05) is 17.3 Å². The lowest BCUT2D eigenvalue weighted by molar-refractivity contribution is -0.190. The predicted molar refractivity (Wildman–Crippen MR) is 67.9 cm³/mol. The minimum atomic E-state index is -4.71. The number of alkyl halides is 3. The molecule has 0 fully saturated rings. The molecule has 0 spiro atoms. The largest absolute Gasteiger partial charge is 0.415 e. The number of halogens is 4. The highest BCUT2D eigenvalue weighted by Crippen LogP contribution is 2.35. The summed E-state index contributed by atoms with van der Waals surface area (Å²) in [4.78, 5) is 3.97. The third-order valence-corrected chi connectivity index (χ3v) is 3.74. The quantitative estimate of drug-likeness (QED) is 0.692. The van der Waals surface area contributed by atoms with E-state index in [1.165, 1.54) is 12.1 Å². The topological polar surface area (TPSA) is 64.9 Å². The molecule has 4 nitrogen and oxygen atoms in total. The summed E-state index contributed by atoms with van der Waals surface area (Å²) < 4.78 is 56.1. The Labute approximate surface area is 121 Å². The summed E-state index contributed by atoms with van der Waals surface area (Å²) >= 11 is 1.05. The molecule has 2 aromatic rings. The average Bonchev–Trinajstić information content (AvgIpc) is 2.86. The van der Waals surface area contributed by atoms with Gasteiger partial charge in [0, 0.05) is 4.90 Å². The molecule has 0 aliphatic rings. The first kappa shape index (κ1) is 15.8. The van der Waals surface area contributed by atoms with Crippen molar-refractivity contribution in [3.8, 4) is 0 Å². The van der Waals surface area contributed by atoms with Crippen molar-refractivity contribution >= 4 is 11.8 Å². The van der Waals surface area contributed by atoms with Gasteiger partial charge in [-0.15, -0.1) is 11.8 Å². The second-order valence-electron chi connectivity index (χ2n) is 4.43. The first-order valence-electron chi connectivity index (χ1n) is 5.78. The Kier molecular flexibility index (Phi) is 4.24. The minimum absolute atomic E-state index is 0.0131. The van der Waals surface area contributed by atoms with Crippen LogP contribution >= 0.6 is 11.8 Å². The summed E-state index contributed by atoms with van der Waals surface area (Å²) in [6.45, 7) is 0.744. The Morgan fingerprint density at radius 2 is 1.95 bits per heavy atom. The molecule has 0 aliphatic carbocycles. The third kappa shape index (κ3) is 3.35. The minimum Gasteiger partial charge on any atom is -0.337 e. The van der Waals surface area contributed by atoms with Crippen LogP contribution in [-0.4, -0.2) is 16.3 Å². The van der Waals surface area contributed by atoms with Crippen LogP contribution in [0, 0.1) is 5.82 Å². The van der Waals surface area contributed by atoms with Gasteiger partial charge in [0.25, 0.3) is 5.89 Å². The summed E-state index contributed by atoms with van der Waals surface area (Å²) in [7, 11) is 0. The fraction of sp³-hybridized carbons (Fsp3) is 0.333. The van der Waals surface area contributed by atoms with Gasteiger partial charge >= 0.3 is 6.18 Å². The lowest BCUT2D eigenvalue weighted by atomic mass is 10.0. The zero-order valence-corrected chi connectivity index (χ0v) is 11.6. The molecule has 1 aromatic heterocycles. The van der Waals surface area contributed by atoms with Crippen LogP contribution in [0.25, 0.3) is 0 Å². The van der Waals surface area contributed by atoms with Gasteiger partial charge in [0.15, 0.2) is 11.4 Å². The lowest BCUT2D eigenvalue weighted by Crippen LogP contribution is -2.48. The van der Waals surface area contributed by atoms with Crippen LogP contribution in [0.15, 0.2) is 33.7 Å². The molecule has 2 rings (SSSR count). The molecule has 1 unspecified atom stereocenters. The number of hydrogen-bond acceptors (Lipinski definition) is 5. The van der Waals surface area contributed by atoms with E-state index in [2.05, 4.69) is 14.7 Å².